The number of pyridine rings is 1. The molecule has 0 aliphatic heterocycles. The minimum atomic E-state index is -4.01. The summed E-state index contributed by atoms with van der Waals surface area (Å²) in [4.78, 5) is 13.5. The van der Waals surface area contributed by atoms with Gasteiger partial charge >= 0.3 is 11.9 Å². The van der Waals surface area contributed by atoms with E-state index in [1.807, 2.05) is 0 Å². The van der Waals surface area contributed by atoms with Crippen LogP contribution in [0.4, 0.5) is 13.2 Å². The molecule has 82 valence electrons. The summed E-state index contributed by atoms with van der Waals surface area (Å²) in [6.45, 7) is 0. The average Bonchev–Trinajstić information content (AvgIpc) is 2.09. The SMILES string of the molecule is O=C(O)C(F)(F)Cc1ncc(Br)cc1F. The third-order valence-electron chi connectivity index (χ3n) is 1.59. The lowest BCUT2D eigenvalue weighted by atomic mass is 10.1. The molecule has 0 saturated heterocycles. The maximum absolute atomic E-state index is 13.0. The Kier molecular flexibility index (Phi) is 3.33. The van der Waals surface area contributed by atoms with Gasteiger partial charge in [0.1, 0.15) is 5.82 Å². The van der Waals surface area contributed by atoms with Crippen LogP contribution in [0.5, 0.6) is 0 Å². The van der Waals surface area contributed by atoms with Crippen LogP contribution in [-0.4, -0.2) is 22.0 Å². The average molecular weight is 284 g/mol. The summed E-state index contributed by atoms with van der Waals surface area (Å²) in [6.07, 6.45) is -0.141. The first-order chi connectivity index (χ1) is 6.83. The maximum Gasteiger partial charge on any atom is 0.374 e. The van der Waals surface area contributed by atoms with Gasteiger partial charge in [-0.05, 0) is 22.0 Å². The second-order valence-corrected chi connectivity index (χ2v) is 3.68. The molecule has 1 heterocycles. The molecule has 1 rings (SSSR count). The molecule has 0 aromatic carbocycles. The van der Waals surface area contributed by atoms with E-state index in [1.54, 1.807) is 0 Å². The van der Waals surface area contributed by atoms with Crippen LogP contribution in [0, 0.1) is 5.82 Å². The second kappa shape index (κ2) is 4.18. The van der Waals surface area contributed by atoms with E-state index in [0.717, 1.165) is 12.3 Å². The fraction of sp³-hybridized carbons (Fsp3) is 0.250. The minimum Gasteiger partial charge on any atom is -0.477 e. The molecule has 15 heavy (non-hydrogen) atoms. The lowest BCUT2D eigenvalue weighted by Gasteiger charge is -2.10. The van der Waals surface area contributed by atoms with E-state index >= 15 is 0 Å². The summed E-state index contributed by atoms with van der Waals surface area (Å²) in [6, 6.07) is 0.945. The van der Waals surface area contributed by atoms with Crippen LogP contribution in [0.3, 0.4) is 0 Å². The van der Waals surface area contributed by atoms with Crippen LogP contribution in [0.2, 0.25) is 0 Å². The Labute approximate surface area is 91.1 Å². The number of alkyl halides is 2. The Balaban J connectivity index is 2.95. The van der Waals surface area contributed by atoms with Gasteiger partial charge in [-0.3, -0.25) is 4.98 Å². The standard InChI is InChI=1S/C8H5BrF3NO2/c9-4-1-5(10)6(13-3-4)2-8(11,12)7(14)15/h1,3H,2H2,(H,14,15). The smallest absolute Gasteiger partial charge is 0.374 e. The molecular weight excluding hydrogens is 279 g/mol. The molecule has 1 aromatic heterocycles. The number of carboxylic acids is 1. The van der Waals surface area contributed by atoms with E-state index in [2.05, 4.69) is 20.9 Å². The van der Waals surface area contributed by atoms with E-state index in [9.17, 15) is 18.0 Å². The Morgan fingerprint density at radius 3 is 2.67 bits per heavy atom. The summed E-state index contributed by atoms with van der Waals surface area (Å²) in [7, 11) is 0. The number of aromatic nitrogens is 1. The number of rotatable bonds is 3. The third kappa shape index (κ3) is 2.92. The van der Waals surface area contributed by atoms with E-state index in [-0.39, 0.29) is 0 Å². The molecule has 0 fully saturated rings. The zero-order valence-corrected chi connectivity index (χ0v) is 8.76. The summed E-state index contributed by atoms with van der Waals surface area (Å²) in [5.74, 6) is -7.28. The van der Waals surface area contributed by atoms with Crippen molar-refractivity contribution in [1.29, 1.82) is 0 Å². The lowest BCUT2D eigenvalue weighted by molar-refractivity contribution is -0.164. The first-order valence-electron chi connectivity index (χ1n) is 3.74. The summed E-state index contributed by atoms with van der Waals surface area (Å²) < 4.78 is 38.7. The monoisotopic (exact) mass is 283 g/mol. The van der Waals surface area contributed by atoms with Crippen molar-refractivity contribution in [3.63, 3.8) is 0 Å². The third-order valence-corrected chi connectivity index (χ3v) is 2.02. The molecule has 1 N–H and O–H groups in total. The molecule has 1 aromatic rings. The highest BCUT2D eigenvalue weighted by molar-refractivity contribution is 9.10. The van der Waals surface area contributed by atoms with Gasteiger partial charge in [0.15, 0.2) is 0 Å². The Morgan fingerprint density at radius 2 is 2.20 bits per heavy atom. The Morgan fingerprint density at radius 1 is 1.60 bits per heavy atom. The first-order valence-corrected chi connectivity index (χ1v) is 4.53. The summed E-state index contributed by atoms with van der Waals surface area (Å²) in [5, 5.41) is 8.14. The van der Waals surface area contributed by atoms with Gasteiger partial charge in [-0.2, -0.15) is 8.78 Å². The van der Waals surface area contributed by atoms with Crippen LogP contribution in [0.1, 0.15) is 5.69 Å². The molecule has 3 nitrogen and oxygen atoms in total. The number of nitrogens with zero attached hydrogens (tertiary/aromatic N) is 1. The number of carbonyl (C=O) groups is 1. The fourth-order valence-corrected chi connectivity index (χ4v) is 1.16. The minimum absolute atomic E-state index is 0.294. The van der Waals surface area contributed by atoms with Crippen molar-refractivity contribution in [2.24, 2.45) is 0 Å². The number of aliphatic carboxylic acids is 1. The van der Waals surface area contributed by atoms with Gasteiger partial charge < -0.3 is 5.11 Å². The first kappa shape index (κ1) is 12.0. The number of hydrogen-bond acceptors (Lipinski definition) is 2. The van der Waals surface area contributed by atoms with Crippen LogP contribution in [-0.2, 0) is 11.2 Å². The normalized spacial score (nSPS) is 11.5. The van der Waals surface area contributed by atoms with Gasteiger partial charge in [0.2, 0.25) is 0 Å². The van der Waals surface area contributed by atoms with Crippen LogP contribution < -0.4 is 0 Å². The zero-order valence-electron chi connectivity index (χ0n) is 7.18. The van der Waals surface area contributed by atoms with Crippen molar-refractivity contribution in [3.05, 3.63) is 28.2 Å². The molecule has 0 radical (unpaired) electrons. The molecule has 0 aliphatic carbocycles. The zero-order chi connectivity index (χ0) is 11.6. The lowest BCUT2D eigenvalue weighted by Crippen LogP contribution is -2.31. The van der Waals surface area contributed by atoms with Crippen molar-refractivity contribution in [3.8, 4) is 0 Å². The van der Waals surface area contributed by atoms with Gasteiger partial charge in [0.25, 0.3) is 0 Å². The molecular formula is C8H5BrF3NO2. The Hall–Kier alpha value is -1.11. The molecule has 0 saturated carbocycles. The highest BCUT2D eigenvalue weighted by Crippen LogP contribution is 2.22. The van der Waals surface area contributed by atoms with Gasteiger partial charge in [-0.15, -0.1) is 0 Å². The van der Waals surface area contributed by atoms with E-state index in [4.69, 9.17) is 5.11 Å². The number of hydrogen-bond donors (Lipinski definition) is 1. The van der Waals surface area contributed by atoms with Crippen molar-refractivity contribution in [2.75, 3.05) is 0 Å². The summed E-state index contributed by atoms with van der Waals surface area (Å²) >= 11 is 2.90. The fourth-order valence-electron chi connectivity index (χ4n) is 0.859. The van der Waals surface area contributed by atoms with Gasteiger partial charge in [-0.25, -0.2) is 9.18 Å². The highest BCUT2D eigenvalue weighted by atomic mass is 79.9. The van der Waals surface area contributed by atoms with Crippen LogP contribution in [0.25, 0.3) is 0 Å². The molecule has 0 bridgehead atoms. The highest BCUT2D eigenvalue weighted by Gasteiger charge is 2.40. The van der Waals surface area contributed by atoms with Crippen molar-refractivity contribution >= 4 is 21.9 Å². The van der Waals surface area contributed by atoms with Crippen LogP contribution in [0.15, 0.2) is 16.7 Å². The van der Waals surface area contributed by atoms with E-state index in [1.165, 1.54) is 0 Å². The molecule has 7 heteroatoms. The molecule has 0 atom stereocenters. The predicted molar refractivity (Wildman–Crippen MR) is 48.2 cm³/mol. The van der Waals surface area contributed by atoms with Gasteiger partial charge in [0, 0.05) is 10.7 Å². The number of halogens is 4. The summed E-state index contributed by atoms with van der Waals surface area (Å²) in [5.41, 5.74) is -0.578. The predicted octanol–water partition coefficient (Wildman–Crippen LogP) is 2.25. The quantitative estimate of drug-likeness (QED) is 0.926. The number of carboxylic acid groups (broad SMARTS) is 1. The van der Waals surface area contributed by atoms with E-state index in [0.29, 0.717) is 4.47 Å². The topological polar surface area (TPSA) is 50.2 Å². The Bertz CT molecular complexity index is 397. The molecule has 0 amide bonds. The van der Waals surface area contributed by atoms with E-state index < -0.39 is 29.8 Å². The van der Waals surface area contributed by atoms with Crippen LogP contribution >= 0.6 is 15.9 Å². The van der Waals surface area contributed by atoms with Gasteiger partial charge in [0.05, 0.1) is 12.1 Å². The largest absolute Gasteiger partial charge is 0.477 e. The molecule has 0 aliphatic rings. The van der Waals surface area contributed by atoms with Gasteiger partial charge in [-0.1, -0.05) is 0 Å². The van der Waals surface area contributed by atoms with Crippen molar-refractivity contribution in [2.45, 2.75) is 12.3 Å². The maximum atomic E-state index is 13.0. The van der Waals surface area contributed by atoms with Crippen molar-refractivity contribution < 1.29 is 23.1 Å². The molecule has 0 spiro atoms. The molecule has 0 unspecified atom stereocenters. The second-order valence-electron chi connectivity index (χ2n) is 2.77. The van der Waals surface area contributed by atoms with Crippen molar-refractivity contribution in [1.82, 2.24) is 4.98 Å².